The Balaban J connectivity index is 1.32. The van der Waals surface area contributed by atoms with Crippen molar-refractivity contribution in [3.05, 3.63) is 42.6 Å². The van der Waals surface area contributed by atoms with Crippen molar-refractivity contribution in [2.75, 3.05) is 31.1 Å². The lowest BCUT2D eigenvalue weighted by atomic mass is 9.92. The number of carbonyl (C=O) groups is 1. The summed E-state index contributed by atoms with van der Waals surface area (Å²) in [5.74, 6) is 1.41. The van der Waals surface area contributed by atoms with Gasteiger partial charge in [-0.2, -0.15) is 5.10 Å². The maximum atomic E-state index is 14.0. The molecular formula is C19H24FN5O. The number of hydrogen-bond donors (Lipinski definition) is 0. The van der Waals surface area contributed by atoms with Crippen LogP contribution in [0.4, 0.5) is 10.2 Å². The summed E-state index contributed by atoms with van der Waals surface area (Å²) in [5.41, 5.74) is 0. The SMILES string of the molecule is O=C(CCn1cccn1)N1C[C@H]2CCN(c3ncccc3F)CC[C@H]2C1. The number of carbonyl (C=O) groups excluding carboxylic acids is 1. The summed E-state index contributed by atoms with van der Waals surface area (Å²) in [6, 6.07) is 4.96. The Hall–Kier alpha value is -2.44. The van der Waals surface area contributed by atoms with Crippen LogP contribution in [0.3, 0.4) is 0 Å². The van der Waals surface area contributed by atoms with Crippen LogP contribution in [0.15, 0.2) is 36.8 Å². The Labute approximate surface area is 152 Å². The molecule has 1 amide bonds. The quantitative estimate of drug-likeness (QED) is 0.842. The van der Waals surface area contributed by atoms with Gasteiger partial charge in [-0.15, -0.1) is 0 Å². The van der Waals surface area contributed by atoms with Gasteiger partial charge < -0.3 is 9.80 Å². The number of anilines is 1. The highest BCUT2D eigenvalue weighted by atomic mass is 19.1. The molecule has 138 valence electrons. The van der Waals surface area contributed by atoms with Crippen LogP contribution >= 0.6 is 0 Å². The summed E-state index contributed by atoms with van der Waals surface area (Å²) < 4.78 is 15.8. The van der Waals surface area contributed by atoms with Crippen molar-refractivity contribution in [3.8, 4) is 0 Å². The Kier molecular flexibility index (Phi) is 4.86. The molecule has 0 aliphatic carbocycles. The second-order valence-corrected chi connectivity index (χ2v) is 7.21. The third-order valence-corrected chi connectivity index (χ3v) is 5.62. The van der Waals surface area contributed by atoms with Gasteiger partial charge in [0.25, 0.3) is 0 Å². The van der Waals surface area contributed by atoms with Crippen LogP contribution < -0.4 is 4.90 Å². The molecule has 2 aromatic rings. The first-order valence-corrected chi connectivity index (χ1v) is 9.31. The summed E-state index contributed by atoms with van der Waals surface area (Å²) in [6.45, 7) is 3.86. The minimum absolute atomic E-state index is 0.209. The predicted molar refractivity (Wildman–Crippen MR) is 96.0 cm³/mol. The molecule has 2 aromatic heterocycles. The Morgan fingerprint density at radius 3 is 2.58 bits per heavy atom. The monoisotopic (exact) mass is 357 g/mol. The van der Waals surface area contributed by atoms with E-state index in [1.165, 1.54) is 6.07 Å². The number of hydrogen-bond acceptors (Lipinski definition) is 4. The van der Waals surface area contributed by atoms with E-state index >= 15 is 0 Å². The summed E-state index contributed by atoms with van der Waals surface area (Å²) in [7, 11) is 0. The normalized spacial score (nSPS) is 23.0. The van der Waals surface area contributed by atoms with Crippen LogP contribution in [0.5, 0.6) is 0 Å². The van der Waals surface area contributed by atoms with Crippen molar-refractivity contribution < 1.29 is 9.18 Å². The molecule has 2 atom stereocenters. The molecule has 0 N–H and O–H groups in total. The standard InChI is InChI=1S/C19H24FN5O/c20-17-3-1-7-21-19(17)23-10-4-15-13-24(14-16(15)5-11-23)18(26)6-12-25-9-2-8-22-25/h1-3,7-9,15-16H,4-6,10-14H2/t15-,16+. The van der Waals surface area contributed by atoms with Crippen molar-refractivity contribution >= 4 is 11.7 Å². The first kappa shape index (κ1) is 17.0. The number of aromatic nitrogens is 3. The fourth-order valence-corrected chi connectivity index (χ4v) is 4.17. The molecule has 0 spiro atoms. The molecule has 26 heavy (non-hydrogen) atoms. The average Bonchev–Trinajstić information content (AvgIpc) is 3.27. The number of aryl methyl sites for hydroxylation is 1. The van der Waals surface area contributed by atoms with Gasteiger partial charge in [-0.1, -0.05) is 0 Å². The molecule has 7 heteroatoms. The lowest BCUT2D eigenvalue weighted by Crippen LogP contribution is -2.32. The van der Waals surface area contributed by atoms with E-state index in [9.17, 15) is 9.18 Å². The number of halogens is 1. The molecule has 0 bridgehead atoms. The minimum Gasteiger partial charge on any atom is -0.354 e. The smallest absolute Gasteiger partial charge is 0.224 e. The molecule has 0 aromatic carbocycles. The maximum absolute atomic E-state index is 14.0. The van der Waals surface area contributed by atoms with Gasteiger partial charge in [0, 0.05) is 57.7 Å². The second kappa shape index (κ2) is 7.43. The van der Waals surface area contributed by atoms with Gasteiger partial charge >= 0.3 is 0 Å². The molecule has 4 rings (SSSR count). The molecule has 0 unspecified atom stereocenters. The lowest BCUT2D eigenvalue weighted by Gasteiger charge is -2.23. The zero-order valence-electron chi connectivity index (χ0n) is 14.8. The number of nitrogens with zero attached hydrogens (tertiary/aromatic N) is 5. The Morgan fingerprint density at radius 1 is 1.15 bits per heavy atom. The highest BCUT2D eigenvalue weighted by molar-refractivity contribution is 5.76. The number of rotatable bonds is 4. The van der Waals surface area contributed by atoms with Gasteiger partial charge in [0.1, 0.15) is 0 Å². The molecule has 2 aliphatic heterocycles. The third kappa shape index (κ3) is 3.57. The number of amides is 1. The van der Waals surface area contributed by atoms with Crippen LogP contribution in [0.1, 0.15) is 19.3 Å². The van der Waals surface area contributed by atoms with Crippen molar-refractivity contribution in [1.29, 1.82) is 0 Å². The Morgan fingerprint density at radius 2 is 1.92 bits per heavy atom. The highest BCUT2D eigenvalue weighted by Gasteiger charge is 2.37. The van der Waals surface area contributed by atoms with E-state index in [1.54, 1.807) is 23.1 Å². The summed E-state index contributed by atoms with van der Waals surface area (Å²) >= 11 is 0. The summed E-state index contributed by atoms with van der Waals surface area (Å²) in [6.07, 6.45) is 7.70. The molecule has 2 fully saturated rings. The Bertz CT molecular complexity index is 734. The first-order chi connectivity index (χ1) is 12.7. The summed E-state index contributed by atoms with van der Waals surface area (Å²) in [5, 5.41) is 4.15. The highest BCUT2D eigenvalue weighted by Crippen LogP contribution is 2.33. The summed E-state index contributed by atoms with van der Waals surface area (Å²) in [4.78, 5) is 20.8. The van der Waals surface area contributed by atoms with E-state index in [-0.39, 0.29) is 11.7 Å². The lowest BCUT2D eigenvalue weighted by molar-refractivity contribution is -0.130. The van der Waals surface area contributed by atoms with Crippen LogP contribution in [0.2, 0.25) is 0 Å². The maximum Gasteiger partial charge on any atom is 0.224 e. The van der Waals surface area contributed by atoms with Gasteiger partial charge in [-0.05, 0) is 42.9 Å². The molecule has 2 saturated heterocycles. The molecule has 4 heterocycles. The molecular weight excluding hydrogens is 333 g/mol. The zero-order chi connectivity index (χ0) is 17.9. The largest absolute Gasteiger partial charge is 0.354 e. The average molecular weight is 357 g/mol. The van der Waals surface area contributed by atoms with Crippen molar-refractivity contribution in [1.82, 2.24) is 19.7 Å². The first-order valence-electron chi connectivity index (χ1n) is 9.31. The van der Waals surface area contributed by atoms with Crippen molar-refractivity contribution in [2.45, 2.75) is 25.8 Å². The predicted octanol–water partition coefficient (Wildman–Crippen LogP) is 2.18. The third-order valence-electron chi connectivity index (χ3n) is 5.62. The van der Waals surface area contributed by atoms with Crippen LogP contribution in [0, 0.1) is 17.7 Å². The molecule has 0 radical (unpaired) electrons. The van der Waals surface area contributed by atoms with Gasteiger partial charge in [0.2, 0.25) is 5.91 Å². The number of pyridine rings is 1. The fourth-order valence-electron chi connectivity index (χ4n) is 4.17. The van der Waals surface area contributed by atoms with Crippen molar-refractivity contribution in [3.63, 3.8) is 0 Å². The topological polar surface area (TPSA) is 54.3 Å². The molecule has 6 nitrogen and oxygen atoms in total. The molecule has 0 saturated carbocycles. The van der Waals surface area contributed by atoms with E-state index in [0.29, 0.717) is 30.6 Å². The van der Waals surface area contributed by atoms with Gasteiger partial charge in [-0.3, -0.25) is 9.48 Å². The van der Waals surface area contributed by atoms with Gasteiger partial charge in [0.05, 0.1) is 0 Å². The van der Waals surface area contributed by atoms with Crippen LogP contribution in [0.25, 0.3) is 0 Å². The minimum atomic E-state index is -0.255. The number of fused-ring (bicyclic) bond motifs is 1. The van der Waals surface area contributed by atoms with Crippen LogP contribution in [-0.4, -0.2) is 51.8 Å². The van der Waals surface area contributed by atoms with E-state index in [2.05, 4.69) is 15.0 Å². The van der Waals surface area contributed by atoms with Crippen molar-refractivity contribution in [2.24, 2.45) is 11.8 Å². The van der Waals surface area contributed by atoms with E-state index in [0.717, 1.165) is 39.0 Å². The molecule has 2 aliphatic rings. The van der Waals surface area contributed by atoms with Gasteiger partial charge in [-0.25, -0.2) is 9.37 Å². The second-order valence-electron chi connectivity index (χ2n) is 7.21. The van der Waals surface area contributed by atoms with Gasteiger partial charge in [0.15, 0.2) is 11.6 Å². The fraction of sp³-hybridized carbons (Fsp3) is 0.526. The zero-order valence-corrected chi connectivity index (χ0v) is 14.8. The van der Waals surface area contributed by atoms with Crippen LogP contribution in [-0.2, 0) is 11.3 Å². The van der Waals surface area contributed by atoms with E-state index in [4.69, 9.17) is 0 Å². The number of likely N-dealkylation sites (tertiary alicyclic amines) is 1. The van der Waals surface area contributed by atoms with E-state index in [1.807, 2.05) is 17.2 Å². The van der Waals surface area contributed by atoms with E-state index < -0.39 is 0 Å².